The monoisotopic (exact) mass is 278 g/mol. The molecule has 1 heterocycles. The lowest BCUT2D eigenvalue weighted by atomic mass is 10.0. The van der Waals surface area contributed by atoms with Crippen LogP contribution in [0.1, 0.15) is 18.6 Å². The molecule has 2 aromatic rings. The average Bonchev–Trinajstić information content (AvgIpc) is 3.13. The van der Waals surface area contributed by atoms with Gasteiger partial charge in [0, 0.05) is 17.0 Å². The van der Waals surface area contributed by atoms with Crippen LogP contribution in [0.2, 0.25) is 5.02 Å². The number of hydrogen-bond acceptors (Lipinski definition) is 4. The number of benzene rings is 1. The highest BCUT2D eigenvalue weighted by Gasteiger charge is 2.27. The van der Waals surface area contributed by atoms with Crippen LogP contribution in [0, 0.1) is 5.92 Å². The number of hydrogen-bond donors (Lipinski definition) is 1. The predicted molar refractivity (Wildman–Crippen MR) is 74.3 cm³/mol. The molecule has 0 amide bonds. The first kappa shape index (κ1) is 12.4. The molecular weight excluding hydrogens is 264 g/mol. The molecule has 0 unspecified atom stereocenters. The Kier molecular flexibility index (Phi) is 3.11. The van der Waals surface area contributed by atoms with Crippen molar-refractivity contribution in [3.63, 3.8) is 0 Å². The van der Waals surface area contributed by atoms with Crippen molar-refractivity contribution in [2.24, 2.45) is 5.92 Å². The van der Waals surface area contributed by atoms with E-state index in [1.807, 2.05) is 12.1 Å². The number of rotatable bonds is 4. The maximum Gasteiger partial charge on any atom is 0.175 e. The van der Waals surface area contributed by atoms with E-state index in [0.29, 0.717) is 16.8 Å². The van der Waals surface area contributed by atoms with Crippen molar-refractivity contribution in [1.82, 2.24) is 5.16 Å². The summed E-state index contributed by atoms with van der Waals surface area (Å²) < 4.78 is 10.7. The van der Waals surface area contributed by atoms with E-state index in [0.717, 1.165) is 29.1 Å². The van der Waals surface area contributed by atoms with Crippen molar-refractivity contribution in [3.05, 3.63) is 29.0 Å². The lowest BCUT2D eigenvalue weighted by Gasteiger charge is -2.09. The molecule has 1 saturated carbocycles. The zero-order valence-corrected chi connectivity index (χ0v) is 11.4. The van der Waals surface area contributed by atoms with Gasteiger partial charge in [-0.05, 0) is 37.0 Å². The number of nitrogens with two attached hydrogens (primary N) is 1. The summed E-state index contributed by atoms with van der Waals surface area (Å²) >= 11 is 6.07. The third kappa shape index (κ3) is 2.40. The van der Waals surface area contributed by atoms with Crippen LogP contribution in [0.3, 0.4) is 0 Å². The second kappa shape index (κ2) is 4.78. The molecule has 0 bridgehead atoms. The Hall–Kier alpha value is -1.68. The van der Waals surface area contributed by atoms with Gasteiger partial charge in [0.2, 0.25) is 0 Å². The molecule has 19 heavy (non-hydrogen) atoms. The molecule has 3 rings (SSSR count). The molecule has 4 nitrogen and oxygen atoms in total. The molecular formula is C14H15ClN2O2. The zero-order chi connectivity index (χ0) is 13.4. The van der Waals surface area contributed by atoms with E-state index >= 15 is 0 Å². The molecule has 0 saturated heterocycles. The second-order valence-electron chi connectivity index (χ2n) is 4.86. The SMILES string of the molecule is COc1ccc(Cl)cc1-c1c(N)noc1CC1CC1. The van der Waals surface area contributed by atoms with Gasteiger partial charge in [0.25, 0.3) is 0 Å². The summed E-state index contributed by atoms with van der Waals surface area (Å²) in [5, 5.41) is 4.52. The van der Waals surface area contributed by atoms with Gasteiger partial charge in [0.15, 0.2) is 5.82 Å². The maximum atomic E-state index is 6.07. The van der Waals surface area contributed by atoms with Gasteiger partial charge < -0.3 is 15.0 Å². The van der Waals surface area contributed by atoms with Crippen molar-refractivity contribution in [2.45, 2.75) is 19.3 Å². The Bertz CT molecular complexity index is 605. The normalized spacial score (nSPS) is 14.6. The van der Waals surface area contributed by atoms with Crippen LogP contribution in [-0.2, 0) is 6.42 Å². The lowest BCUT2D eigenvalue weighted by Crippen LogP contribution is -1.95. The fourth-order valence-electron chi connectivity index (χ4n) is 2.23. The van der Waals surface area contributed by atoms with E-state index in [1.165, 1.54) is 12.8 Å². The van der Waals surface area contributed by atoms with Gasteiger partial charge in [-0.15, -0.1) is 0 Å². The Balaban J connectivity index is 2.09. The van der Waals surface area contributed by atoms with Crippen molar-refractivity contribution in [1.29, 1.82) is 0 Å². The van der Waals surface area contributed by atoms with Gasteiger partial charge in [0.1, 0.15) is 11.5 Å². The number of methoxy groups -OCH3 is 1. The standard InChI is InChI=1S/C14H15ClN2O2/c1-18-11-5-4-9(15)7-10(11)13-12(6-8-2-3-8)19-17-14(13)16/h4-5,7-8H,2-3,6H2,1H3,(H2,16,17). The summed E-state index contributed by atoms with van der Waals surface area (Å²) in [7, 11) is 1.62. The van der Waals surface area contributed by atoms with Crippen LogP contribution in [0.5, 0.6) is 5.75 Å². The van der Waals surface area contributed by atoms with Crippen LogP contribution < -0.4 is 10.5 Å². The van der Waals surface area contributed by atoms with Gasteiger partial charge in [-0.1, -0.05) is 16.8 Å². The minimum absolute atomic E-state index is 0.385. The van der Waals surface area contributed by atoms with Gasteiger partial charge in [-0.2, -0.15) is 0 Å². The molecule has 1 aliphatic rings. The first-order valence-electron chi connectivity index (χ1n) is 6.27. The van der Waals surface area contributed by atoms with E-state index in [4.69, 9.17) is 26.6 Å². The molecule has 1 aliphatic carbocycles. The van der Waals surface area contributed by atoms with Gasteiger partial charge in [-0.25, -0.2) is 0 Å². The molecule has 0 spiro atoms. The predicted octanol–water partition coefficient (Wildman–Crippen LogP) is 3.54. The summed E-state index contributed by atoms with van der Waals surface area (Å²) in [4.78, 5) is 0. The summed E-state index contributed by atoms with van der Waals surface area (Å²) in [5.74, 6) is 2.62. The molecule has 1 fully saturated rings. The number of anilines is 1. The minimum Gasteiger partial charge on any atom is -0.496 e. The number of halogens is 1. The number of nitrogen functional groups attached to an aromatic ring is 1. The first-order valence-corrected chi connectivity index (χ1v) is 6.64. The molecule has 1 aromatic heterocycles. The highest BCUT2D eigenvalue weighted by Crippen LogP contribution is 2.41. The fraction of sp³-hybridized carbons (Fsp3) is 0.357. The Morgan fingerprint density at radius 2 is 2.26 bits per heavy atom. The molecule has 0 aliphatic heterocycles. The minimum atomic E-state index is 0.385. The molecule has 0 radical (unpaired) electrons. The largest absolute Gasteiger partial charge is 0.496 e. The average molecular weight is 279 g/mol. The molecule has 5 heteroatoms. The second-order valence-corrected chi connectivity index (χ2v) is 5.29. The summed E-state index contributed by atoms with van der Waals surface area (Å²) in [5.41, 5.74) is 7.59. The quantitative estimate of drug-likeness (QED) is 0.929. The van der Waals surface area contributed by atoms with E-state index in [9.17, 15) is 0 Å². The maximum absolute atomic E-state index is 6.07. The molecule has 2 N–H and O–H groups in total. The third-order valence-electron chi connectivity index (χ3n) is 3.39. The van der Waals surface area contributed by atoms with Gasteiger partial charge in [-0.3, -0.25) is 0 Å². The van der Waals surface area contributed by atoms with E-state index in [1.54, 1.807) is 13.2 Å². The summed E-state index contributed by atoms with van der Waals surface area (Å²) in [6, 6.07) is 5.44. The number of ether oxygens (including phenoxy) is 1. The number of aromatic nitrogens is 1. The summed E-state index contributed by atoms with van der Waals surface area (Å²) in [6.07, 6.45) is 3.36. The smallest absolute Gasteiger partial charge is 0.175 e. The van der Waals surface area contributed by atoms with Crippen molar-refractivity contribution in [3.8, 4) is 16.9 Å². The van der Waals surface area contributed by atoms with Crippen LogP contribution in [0.4, 0.5) is 5.82 Å². The number of nitrogens with zero attached hydrogens (tertiary/aromatic N) is 1. The van der Waals surface area contributed by atoms with Crippen LogP contribution >= 0.6 is 11.6 Å². The zero-order valence-electron chi connectivity index (χ0n) is 10.6. The molecule has 0 atom stereocenters. The van der Waals surface area contributed by atoms with Gasteiger partial charge >= 0.3 is 0 Å². The van der Waals surface area contributed by atoms with E-state index in [-0.39, 0.29) is 0 Å². The highest BCUT2D eigenvalue weighted by molar-refractivity contribution is 6.31. The van der Waals surface area contributed by atoms with Crippen molar-refractivity contribution >= 4 is 17.4 Å². The van der Waals surface area contributed by atoms with Gasteiger partial charge in [0.05, 0.1) is 12.7 Å². The Morgan fingerprint density at radius 1 is 1.47 bits per heavy atom. The van der Waals surface area contributed by atoms with E-state index in [2.05, 4.69) is 5.16 Å². The lowest BCUT2D eigenvalue weighted by molar-refractivity contribution is 0.381. The van der Waals surface area contributed by atoms with Crippen LogP contribution in [0.15, 0.2) is 22.7 Å². The molecule has 1 aromatic carbocycles. The van der Waals surface area contributed by atoms with Crippen molar-refractivity contribution < 1.29 is 9.26 Å². The summed E-state index contributed by atoms with van der Waals surface area (Å²) in [6.45, 7) is 0. The Morgan fingerprint density at radius 3 is 2.95 bits per heavy atom. The molecule has 100 valence electrons. The third-order valence-corrected chi connectivity index (χ3v) is 3.63. The Labute approximate surface area is 116 Å². The van der Waals surface area contributed by atoms with Crippen LogP contribution in [0.25, 0.3) is 11.1 Å². The first-order chi connectivity index (χ1) is 9.19. The highest BCUT2D eigenvalue weighted by atomic mass is 35.5. The van der Waals surface area contributed by atoms with E-state index < -0.39 is 0 Å². The van der Waals surface area contributed by atoms with Crippen molar-refractivity contribution in [2.75, 3.05) is 12.8 Å². The topological polar surface area (TPSA) is 61.3 Å². The fourth-order valence-corrected chi connectivity index (χ4v) is 2.40. The van der Waals surface area contributed by atoms with Crippen LogP contribution in [-0.4, -0.2) is 12.3 Å².